The maximum Gasteiger partial charge on any atom is 0.106 e. The molecule has 0 spiro atoms. The summed E-state index contributed by atoms with van der Waals surface area (Å²) in [6.45, 7) is 5.84. The quantitative estimate of drug-likeness (QED) is 0.563. The predicted molar refractivity (Wildman–Crippen MR) is 116 cm³/mol. The number of benzene rings is 2. The predicted octanol–water partition coefficient (Wildman–Crippen LogP) is 6.90. The van der Waals surface area contributed by atoms with E-state index in [1.807, 2.05) is 0 Å². The SMILES string of the molecule is CCC1CCC(c2ccc(-c3ccc(C4COC(CC)CO4)cc3)cc2)CC1. The van der Waals surface area contributed by atoms with Crippen molar-refractivity contribution in [3.63, 3.8) is 0 Å². The lowest BCUT2D eigenvalue weighted by atomic mass is 9.77. The molecule has 4 rings (SSSR count). The first-order valence-electron chi connectivity index (χ1n) is 11.2. The summed E-state index contributed by atoms with van der Waals surface area (Å²) in [6, 6.07) is 18.1. The first kappa shape index (κ1) is 19.7. The van der Waals surface area contributed by atoms with Gasteiger partial charge in [0.05, 0.1) is 19.3 Å². The third kappa shape index (κ3) is 4.50. The molecule has 0 aromatic heterocycles. The number of rotatable bonds is 5. The van der Waals surface area contributed by atoms with Crippen LogP contribution in [-0.4, -0.2) is 19.3 Å². The third-order valence-electron chi connectivity index (χ3n) is 6.84. The number of hydrogen-bond acceptors (Lipinski definition) is 2. The zero-order chi connectivity index (χ0) is 19.3. The maximum atomic E-state index is 5.99. The second-order valence-corrected chi connectivity index (χ2v) is 8.56. The highest BCUT2D eigenvalue weighted by atomic mass is 16.6. The van der Waals surface area contributed by atoms with E-state index in [1.54, 1.807) is 0 Å². The average Bonchev–Trinajstić information content (AvgIpc) is 2.79. The van der Waals surface area contributed by atoms with E-state index >= 15 is 0 Å². The van der Waals surface area contributed by atoms with Crippen LogP contribution in [0.1, 0.15) is 75.5 Å². The Balaban J connectivity index is 1.38. The molecule has 1 aliphatic carbocycles. The van der Waals surface area contributed by atoms with Gasteiger partial charge in [-0.25, -0.2) is 0 Å². The Labute approximate surface area is 170 Å². The minimum Gasteiger partial charge on any atom is -0.373 e. The van der Waals surface area contributed by atoms with Crippen molar-refractivity contribution < 1.29 is 9.47 Å². The summed E-state index contributed by atoms with van der Waals surface area (Å²) in [4.78, 5) is 0. The molecule has 28 heavy (non-hydrogen) atoms. The summed E-state index contributed by atoms with van der Waals surface area (Å²) in [7, 11) is 0. The second kappa shape index (κ2) is 9.24. The lowest BCUT2D eigenvalue weighted by molar-refractivity contribution is -0.135. The van der Waals surface area contributed by atoms with Crippen LogP contribution < -0.4 is 0 Å². The Morgan fingerprint density at radius 1 is 0.679 bits per heavy atom. The molecule has 2 nitrogen and oxygen atoms in total. The summed E-state index contributed by atoms with van der Waals surface area (Å²) < 4.78 is 11.9. The Morgan fingerprint density at radius 3 is 1.79 bits per heavy atom. The van der Waals surface area contributed by atoms with E-state index in [1.165, 1.54) is 54.4 Å². The highest BCUT2D eigenvalue weighted by molar-refractivity contribution is 5.64. The monoisotopic (exact) mass is 378 g/mol. The van der Waals surface area contributed by atoms with Crippen molar-refractivity contribution in [1.29, 1.82) is 0 Å². The van der Waals surface area contributed by atoms with Crippen molar-refractivity contribution in [2.24, 2.45) is 5.92 Å². The zero-order valence-corrected chi connectivity index (χ0v) is 17.4. The molecule has 1 saturated heterocycles. The fourth-order valence-corrected chi connectivity index (χ4v) is 4.71. The molecular weight excluding hydrogens is 344 g/mol. The van der Waals surface area contributed by atoms with Gasteiger partial charge in [0.15, 0.2) is 0 Å². The van der Waals surface area contributed by atoms with Gasteiger partial charge in [0, 0.05) is 0 Å². The summed E-state index contributed by atoms with van der Waals surface area (Å²) in [5, 5.41) is 0. The van der Waals surface area contributed by atoms with E-state index in [9.17, 15) is 0 Å². The molecule has 2 unspecified atom stereocenters. The molecule has 2 heteroatoms. The van der Waals surface area contributed by atoms with E-state index in [0.29, 0.717) is 13.2 Å². The summed E-state index contributed by atoms with van der Waals surface area (Å²) in [5.41, 5.74) is 5.30. The first-order chi connectivity index (χ1) is 13.8. The van der Waals surface area contributed by atoms with Gasteiger partial charge in [0.2, 0.25) is 0 Å². The van der Waals surface area contributed by atoms with E-state index in [0.717, 1.165) is 18.3 Å². The van der Waals surface area contributed by atoms with Gasteiger partial charge in [-0.05, 0) is 66.2 Å². The molecule has 0 N–H and O–H groups in total. The van der Waals surface area contributed by atoms with Crippen molar-refractivity contribution in [3.8, 4) is 11.1 Å². The van der Waals surface area contributed by atoms with Crippen molar-refractivity contribution in [1.82, 2.24) is 0 Å². The molecule has 150 valence electrons. The van der Waals surface area contributed by atoms with Crippen LogP contribution in [0.2, 0.25) is 0 Å². The molecule has 0 bridgehead atoms. The minimum absolute atomic E-state index is 0.0671. The summed E-state index contributed by atoms with van der Waals surface area (Å²) in [5.74, 6) is 1.72. The van der Waals surface area contributed by atoms with E-state index < -0.39 is 0 Å². The van der Waals surface area contributed by atoms with Crippen molar-refractivity contribution >= 4 is 0 Å². The summed E-state index contributed by atoms with van der Waals surface area (Å²) >= 11 is 0. The maximum absolute atomic E-state index is 5.99. The van der Waals surface area contributed by atoms with Crippen molar-refractivity contribution in [2.45, 2.75) is 70.5 Å². The van der Waals surface area contributed by atoms with Crippen LogP contribution in [0, 0.1) is 5.92 Å². The third-order valence-corrected chi connectivity index (χ3v) is 6.84. The lowest BCUT2D eigenvalue weighted by Crippen LogP contribution is -2.30. The molecule has 1 heterocycles. The highest BCUT2D eigenvalue weighted by Crippen LogP contribution is 2.37. The Kier molecular flexibility index (Phi) is 6.49. The van der Waals surface area contributed by atoms with Gasteiger partial charge in [-0.1, -0.05) is 68.8 Å². The van der Waals surface area contributed by atoms with Crippen LogP contribution in [0.3, 0.4) is 0 Å². The molecule has 2 aliphatic rings. The Bertz CT molecular complexity index is 653. The van der Waals surface area contributed by atoms with Crippen LogP contribution in [0.5, 0.6) is 0 Å². The fraction of sp³-hybridized carbons (Fsp3) is 0.538. The van der Waals surface area contributed by atoms with Gasteiger partial charge >= 0.3 is 0 Å². The minimum atomic E-state index is 0.0671. The number of hydrogen-bond donors (Lipinski definition) is 0. The van der Waals surface area contributed by atoms with Crippen LogP contribution in [-0.2, 0) is 9.47 Å². The highest BCUT2D eigenvalue weighted by Gasteiger charge is 2.23. The second-order valence-electron chi connectivity index (χ2n) is 8.56. The van der Waals surface area contributed by atoms with E-state index in [2.05, 4.69) is 62.4 Å². The molecular formula is C26H34O2. The molecule has 2 aromatic carbocycles. The Hall–Kier alpha value is -1.64. The molecule has 0 radical (unpaired) electrons. The number of ether oxygens (including phenoxy) is 2. The van der Waals surface area contributed by atoms with Crippen LogP contribution >= 0.6 is 0 Å². The van der Waals surface area contributed by atoms with Gasteiger partial charge in [0.25, 0.3) is 0 Å². The van der Waals surface area contributed by atoms with Gasteiger partial charge in [-0.3, -0.25) is 0 Å². The molecule has 0 amide bonds. The molecule has 1 aliphatic heterocycles. The Morgan fingerprint density at radius 2 is 1.29 bits per heavy atom. The standard InChI is InChI=1S/C26H34O2/c1-3-19-5-7-20(8-6-19)21-9-11-22(12-10-21)23-13-15-24(16-14-23)26-18-27-25(4-2)17-28-26/h9-16,19-20,25-26H,3-8,17-18H2,1-2H3. The smallest absolute Gasteiger partial charge is 0.106 e. The van der Waals surface area contributed by atoms with Gasteiger partial charge in [-0.15, -0.1) is 0 Å². The molecule has 2 aromatic rings. The van der Waals surface area contributed by atoms with Crippen molar-refractivity contribution in [3.05, 3.63) is 59.7 Å². The summed E-state index contributed by atoms with van der Waals surface area (Å²) in [6.07, 6.45) is 8.19. The molecule has 2 atom stereocenters. The van der Waals surface area contributed by atoms with Gasteiger partial charge < -0.3 is 9.47 Å². The van der Waals surface area contributed by atoms with E-state index in [-0.39, 0.29) is 12.2 Å². The van der Waals surface area contributed by atoms with Crippen LogP contribution in [0.4, 0.5) is 0 Å². The van der Waals surface area contributed by atoms with Crippen LogP contribution in [0.15, 0.2) is 48.5 Å². The molecule has 2 fully saturated rings. The van der Waals surface area contributed by atoms with Crippen LogP contribution in [0.25, 0.3) is 11.1 Å². The fourth-order valence-electron chi connectivity index (χ4n) is 4.71. The molecule has 1 saturated carbocycles. The normalized spacial score (nSPS) is 28.2. The average molecular weight is 379 g/mol. The van der Waals surface area contributed by atoms with Gasteiger partial charge in [-0.2, -0.15) is 0 Å². The van der Waals surface area contributed by atoms with Crippen molar-refractivity contribution in [2.75, 3.05) is 13.2 Å². The largest absolute Gasteiger partial charge is 0.373 e. The lowest BCUT2D eigenvalue weighted by Gasteiger charge is -2.29. The first-order valence-corrected chi connectivity index (χ1v) is 11.2. The zero-order valence-electron chi connectivity index (χ0n) is 17.4. The topological polar surface area (TPSA) is 18.5 Å². The van der Waals surface area contributed by atoms with Gasteiger partial charge in [0.1, 0.15) is 6.10 Å². The van der Waals surface area contributed by atoms with E-state index in [4.69, 9.17) is 9.47 Å².